The molecule has 1 N–H and O–H groups in total. The monoisotopic (exact) mass is 285 g/mol. The molecule has 21 heavy (non-hydrogen) atoms. The molecule has 0 aliphatic heterocycles. The number of para-hydroxylation sites is 1. The van der Waals surface area contributed by atoms with E-state index in [-0.39, 0.29) is 5.91 Å². The van der Waals surface area contributed by atoms with E-state index in [1.54, 1.807) is 4.90 Å². The molecule has 112 valence electrons. The summed E-state index contributed by atoms with van der Waals surface area (Å²) in [6.07, 6.45) is 1.00. The first kappa shape index (κ1) is 15.3. The van der Waals surface area contributed by atoms with E-state index in [2.05, 4.69) is 24.1 Å². The maximum atomic E-state index is 12.7. The van der Waals surface area contributed by atoms with Gasteiger partial charge in [-0.25, -0.2) is 4.98 Å². The summed E-state index contributed by atoms with van der Waals surface area (Å²) in [6, 6.07) is 9.59. The topological polar surface area (TPSA) is 45.2 Å². The molecule has 2 rings (SSSR count). The number of nitrogens with zero attached hydrogens (tertiary/aromatic N) is 2. The zero-order valence-corrected chi connectivity index (χ0v) is 13.2. The predicted octanol–water partition coefficient (Wildman–Crippen LogP) is 3.39. The summed E-state index contributed by atoms with van der Waals surface area (Å²) in [5.41, 5.74) is 1.54. The van der Waals surface area contributed by atoms with Gasteiger partial charge in [-0.2, -0.15) is 0 Å². The summed E-state index contributed by atoms with van der Waals surface area (Å²) in [7, 11) is 3.67. The highest BCUT2D eigenvalue weighted by atomic mass is 16.2. The highest BCUT2D eigenvalue weighted by Gasteiger charge is 2.16. The number of nitrogens with one attached hydrogen (secondary N) is 1. The van der Waals surface area contributed by atoms with Gasteiger partial charge in [0.1, 0.15) is 5.82 Å². The van der Waals surface area contributed by atoms with Crippen LogP contribution in [0.4, 0.5) is 5.82 Å². The fraction of sp³-hybridized carbons (Fsp3) is 0.412. The van der Waals surface area contributed by atoms with Gasteiger partial charge in [-0.05, 0) is 24.5 Å². The first-order chi connectivity index (χ1) is 10.0. The first-order valence-corrected chi connectivity index (χ1v) is 7.36. The Balaban J connectivity index is 2.37. The Labute approximate surface area is 126 Å². The van der Waals surface area contributed by atoms with Crippen LogP contribution >= 0.6 is 0 Å². The highest BCUT2D eigenvalue weighted by Crippen LogP contribution is 2.22. The summed E-state index contributed by atoms with van der Waals surface area (Å²) in [5, 5.41) is 3.92. The molecular formula is C17H23N3O. The molecule has 1 heterocycles. The van der Waals surface area contributed by atoms with Crippen molar-refractivity contribution in [3.63, 3.8) is 0 Å². The molecule has 0 radical (unpaired) electrons. The minimum Gasteiger partial charge on any atom is -0.373 e. The molecule has 0 atom stereocenters. The van der Waals surface area contributed by atoms with E-state index in [4.69, 9.17) is 0 Å². The van der Waals surface area contributed by atoms with E-state index >= 15 is 0 Å². The lowest BCUT2D eigenvalue weighted by molar-refractivity contribution is 0.0791. The van der Waals surface area contributed by atoms with Crippen LogP contribution in [-0.2, 0) is 0 Å². The number of hydrogen-bond acceptors (Lipinski definition) is 3. The normalized spacial score (nSPS) is 10.9. The molecule has 0 fully saturated rings. The maximum absolute atomic E-state index is 12.7. The lowest BCUT2D eigenvalue weighted by atomic mass is 10.1. The summed E-state index contributed by atoms with van der Waals surface area (Å²) in [6.45, 7) is 5.10. The van der Waals surface area contributed by atoms with Gasteiger partial charge in [0.05, 0.1) is 11.1 Å². The van der Waals surface area contributed by atoms with Crippen LogP contribution < -0.4 is 5.32 Å². The van der Waals surface area contributed by atoms with Gasteiger partial charge >= 0.3 is 0 Å². The number of hydrogen-bond donors (Lipinski definition) is 1. The van der Waals surface area contributed by atoms with Crippen molar-refractivity contribution in [3.05, 3.63) is 35.9 Å². The molecule has 0 spiro atoms. The molecule has 4 heteroatoms. The molecule has 2 aromatic rings. The summed E-state index contributed by atoms with van der Waals surface area (Å²) < 4.78 is 0. The quantitative estimate of drug-likeness (QED) is 0.916. The molecule has 4 nitrogen and oxygen atoms in total. The van der Waals surface area contributed by atoms with E-state index in [9.17, 15) is 4.79 Å². The van der Waals surface area contributed by atoms with Crippen LogP contribution in [0.5, 0.6) is 0 Å². The third-order valence-corrected chi connectivity index (χ3v) is 3.59. The molecule has 0 aliphatic carbocycles. The molecule has 1 amide bonds. The number of carbonyl (C=O) groups is 1. The highest BCUT2D eigenvalue weighted by molar-refractivity contribution is 6.06. The average molecular weight is 285 g/mol. The number of rotatable bonds is 5. The molecule has 0 unspecified atom stereocenters. The fourth-order valence-corrected chi connectivity index (χ4v) is 2.24. The van der Waals surface area contributed by atoms with Crippen LogP contribution in [0.3, 0.4) is 0 Å². The fourth-order valence-electron chi connectivity index (χ4n) is 2.24. The Morgan fingerprint density at radius 2 is 2.05 bits per heavy atom. The van der Waals surface area contributed by atoms with Crippen LogP contribution in [0, 0.1) is 5.92 Å². The molecule has 0 bridgehead atoms. The van der Waals surface area contributed by atoms with Gasteiger partial charge in [0.15, 0.2) is 0 Å². The van der Waals surface area contributed by atoms with Gasteiger partial charge in [-0.1, -0.05) is 32.0 Å². The minimum atomic E-state index is 0.0470. The smallest absolute Gasteiger partial charge is 0.254 e. The van der Waals surface area contributed by atoms with E-state index < -0.39 is 0 Å². The Hall–Kier alpha value is -2.10. The second-order valence-electron chi connectivity index (χ2n) is 5.73. The van der Waals surface area contributed by atoms with Gasteiger partial charge in [-0.15, -0.1) is 0 Å². The second kappa shape index (κ2) is 6.57. The Kier molecular flexibility index (Phi) is 4.78. The van der Waals surface area contributed by atoms with Gasteiger partial charge in [0.2, 0.25) is 0 Å². The van der Waals surface area contributed by atoms with Crippen molar-refractivity contribution in [2.75, 3.05) is 26.0 Å². The van der Waals surface area contributed by atoms with Crippen molar-refractivity contribution in [1.29, 1.82) is 0 Å². The number of pyridine rings is 1. The lowest BCUT2D eigenvalue weighted by Crippen LogP contribution is -2.28. The predicted molar refractivity (Wildman–Crippen MR) is 87.7 cm³/mol. The van der Waals surface area contributed by atoms with E-state index in [0.717, 1.165) is 23.9 Å². The van der Waals surface area contributed by atoms with Crippen molar-refractivity contribution in [1.82, 2.24) is 9.88 Å². The Morgan fingerprint density at radius 3 is 2.71 bits per heavy atom. The first-order valence-electron chi connectivity index (χ1n) is 7.36. The van der Waals surface area contributed by atoms with Crippen LogP contribution in [0.2, 0.25) is 0 Å². The van der Waals surface area contributed by atoms with E-state index in [1.165, 1.54) is 0 Å². The molecule has 0 saturated carbocycles. The number of anilines is 1. The number of amides is 1. The standard InChI is InChI=1S/C17H23N3O/c1-12(2)9-10-20(4)17(21)14-11-16(18-3)19-15-8-6-5-7-13(14)15/h5-8,11-12H,9-10H2,1-4H3,(H,18,19). The van der Waals surface area contributed by atoms with E-state index in [1.807, 2.05) is 44.4 Å². The number of carbonyl (C=O) groups excluding carboxylic acids is 1. The van der Waals surface area contributed by atoms with Gasteiger partial charge in [0.25, 0.3) is 5.91 Å². The Bertz CT molecular complexity index is 637. The average Bonchev–Trinajstić information content (AvgIpc) is 2.50. The van der Waals surface area contributed by atoms with Crippen LogP contribution in [0.25, 0.3) is 10.9 Å². The van der Waals surface area contributed by atoms with E-state index in [0.29, 0.717) is 17.3 Å². The van der Waals surface area contributed by atoms with Crippen LogP contribution in [0.1, 0.15) is 30.6 Å². The summed E-state index contributed by atoms with van der Waals surface area (Å²) in [4.78, 5) is 19.0. The number of fused-ring (bicyclic) bond motifs is 1. The van der Waals surface area contributed by atoms with Crippen molar-refractivity contribution in [2.45, 2.75) is 20.3 Å². The number of aromatic nitrogens is 1. The molecule has 1 aromatic heterocycles. The second-order valence-corrected chi connectivity index (χ2v) is 5.73. The lowest BCUT2D eigenvalue weighted by Gasteiger charge is -2.19. The van der Waals surface area contributed by atoms with Gasteiger partial charge < -0.3 is 10.2 Å². The molecule has 0 aliphatic rings. The maximum Gasteiger partial charge on any atom is 0.254 e. The molecule has 0 saturated heterocycles. The third kappa shape index (κ3) is 3.51. The largest absolute Gasteiger partial charge is 0.373 e. The van der Waals surface area contributed by atoms with Crippen molar-refractivity contribution in [3.8, 4) is 0 Å². The zero-order valence-electron chi connectivity index (χ0n) is 13.2. The van der Waals surface area contributed by atoms with Gasteiger partial charge in [-0.3, -0.25) is 4.79 Å². The third-order valence-electron chi connectivity index (χ3n) is 3.59. The van der Waals surface area contributed by atoms with Crippen molar-refractivity contribution >= 4 is 22.6 Å². The van der Waals surface area contributed by atoms with Gasteiger partial charge in [0, 0.05) is 26.0 Å². The Morgan fingerprint density at radius 1 is 1.33 bits per heavy atom. The van der Waals surface area contributed by atoms with Crippen LogP contribution in [0.15, 0.2) is 30.3 Å². The summed E-state index contributed by atoms with van der Waals surface area (Å²) >= 11 is 0. The molecule has 1 aromatic carbocycles. The number of benzene rings is 1. The van der Waals surface area contributed by atoms with Crippen molar-refractivity contribution in [2.24, 2.45) is 5.92 Å². The minimum absolute atomic E-state index is 0.0470. The molecular weight excluding hydrogens is 262 g/mol. The SMILES string of the molecule is CNc1cc(C(=O)N(C)CCC(C)C)c2ccccc2n1. The van der Waals surface area contributed by atoms with Crippen LogP contribution in [-0.4, -0.2) is 36.4 Å². The van der Waals surface area contributed by atoms with Crippen molar-refractivity contribution < 1.29 is 4.79 Å². The zero-order chi connectivity index (χ0) is 15.4. The summed E-state index contributed by atoms with van der Waals surface area (Å²) in [5.74, 6) is 1.35.